The van der Waals surface area contributed by atoms with Crippen molar-refractivity contribution in [2.24, 2.45) is 0 Å². The van der Waals surface area contributed by atoms with E-state index in [1.54, 1.807) is 73.8 Å². The summed E-state index contributed by atoms with van der Waals surface area (Å²) >= 11 is 5.93. The number of amides is 1. The van der Waals surface area contributed by atoms with Gasteiger partial charge in [0.25, 0.3) is 5.91 Å². The van der Waals surface area contributed by atoms with E-state index in [4.69, 9.17) is 16.3 Å². The Bertz CT molecular complexity index is 990. The SMILES string of the molecule is CCOC(=O)c1ccc(Nc2ccnc(C(=O)Nc3cccc(Cl)c3)c2)cc1. The van der Waals surface area contributed by atoms with Gasteiger partial charge in [-0.1, -0.05) is 17.7 Å². The van der Waals surface area contributed by atoms with Crippen molar-refractivity contribution in [1.29, 1.82) is 0 Å². The number of carbonyl (C=O) groups is 2. The van der Waals surface area contributed by atoms with Crippen molar-refractivity contribution in [3.05, 3.63) is 83.1 Å². The molecule has 1 amide bonds. The second-order valence-electron chi connectivity index (χ2n) is 5.82. The zero-order valence-corrected chi connectivity index (χ0v) is 15.9. The van der Waals surface area contributed by atoms with Gasteiger partial charge in [-0.2, -0.15) is 0 Å². The molecule has 1 heterocycles. The molecule has 0 saturated carbocycles. The highest BCUT2D eigenvalue weighted by molar-refractivity contribution is 6.30. The topological polar surface area (TPSA) is 80.3 Å². The first-order valence-corrected chi connectivity index (χ1v) is 9.00. The molecular formula is C21H18ClN3O3. The molecule has 2 aromatic carbocycles. The van der Waals surface area contributed by atoms with E-state index in [0.717, 1.165) is 5.69 Å². The summed E-state index contributed by atoms with van der Waals surface area (Å²) in [6.07, 6.45) is 1.54. The van der Waals surface area contributed by atoms with Crippen molar-refractivity contribution in [2.75, 3.05) is 17.2 Å². The maximum absolute atomic E-state index is 12.4. The first kappa shape index (κ1) is 19.4. The number of aromatic nitrogens is 1. The fourth-order valence-corrected chi connectivity index (χ4v) is 2.65. The highest BCUT2D eigenvalue weighted by Crippen LogP contribution is 2.19. The average molecular weight is 396 g/mol. The Kier molecular flexibility index (Phi) is 6.24. The van der Waals surface area contributed by atoms with Crippen LogP contribution in [0.3, 0.4) is 0 Å². The molecule has 2 N–H and O–H groups in total. The third kappa shape index (κ3) is 5.08. The van der Waals surface area contributed by atoms with Crippen LogP contribution in [-0.4, -0.2) is 23.5 Å². The van der Waals surface area contributed by atoms with Gasteiger partial charge in [0.1, 0.15) is 5.69 Å². The molecule has 6 nitrogen and oxygen atoms in total. The zero-order chi connectivity index (χ0) is 19.9. The van der Waals surface area contributed by atoms with Crippen molar-refractivity contribution in [2.45, 2.75) is 6.92 Å². The maximum atomic E-state index is 12.4. The van der Waals surface area contributed by atoms with Crippen molar-refractivity contribution >= 4 is 40.5 Å². The number of nitrogens with one attached hydrogen (secondary N) is 2. The van der Waals surface area contributed by atoms with Crippen LogP contribution in [0.2, 0.25) is 5.02 Å². The number of ether oxygens (including phenoxy) is 1. The highest BCUT2D eigenvalue weighted by Gasteiger charge is 2.10. The lowest BCUT2D eigenvalue weighted by Gasteiger charge is -2.09. The molecule has 142 valence electrons. The normalized spacial score (nSPS) is 10.2. The van der Waals surface area contributed by atoms with Gasteiger partial charge < -0.3 is 15.4 Å². The largest absolute Gasteiger partial charge is 0.462 e. The second-order valence-corrected chi connectivity index (χ2v) is 6.25. The molecule has 0 spiro atoms. The number of pyridine rings is 1. The van der Waals surface area contributed by atoms with E-state index in [9.17, 15) is 9.59 Å². The molecule has 7 heteroatoms. The number of carbonyl (C=O) groups excluding carboxylic acids is 2. The van der Waals surface area contributed by atoms with Crippen LogP contribution in [0.1, 0.15) is 27.8 Å². The van der Waals surface area contributed by atoms with E-state index in [-0.39, 0.29) is 17.6 Å². The van der Waals surface area contributed by atoms with Crippen LogP contribution >= 0.6 is 11.6 Å². The number of rotatable bonds is 6. The summed E-state index contributed by atoms with van der Waals surface area (Å²) < 4.78 is 4.96. The molecule has 3 aromatic rings. The van der Waals surface area contributed by atoms with Crippen LogP contribution in [0.5, 0.6) is 0 Å². The molecule has 0 unspecified atom stereocenters. The van der Waals surface area contributed by atoms with E-state index in [1.165, 1.54) is 0 Å². The van der Waals surface area contributed by atoms with Crippen LogP contribution in [0.15, 0.2) is 66.9 Å². The van der Waals surface area contributed by atoms with Gasteiger partial charge in [-0.15, -0.1) is 0 Å². The standard InChI is InChI=1S/C21H18ClN3O3/c1-2-28-21(27)14-6-8-16(9-7-14)24-18-10-11-23-19(13-18)20(26)25-17-5-3-4-15(22)12-17/h3-13H,2H2,1H3,(H,23,24)(H,25,26). The summed E-state index contributed by atoms with van der Waals surface area (Å²) in [6, 6.07) is 17.1. The summed E-state index contributed by atoms with van der Waals surface area (Å²) in [5.41, 5.74) is 2.78. The third-order valence-corrected chi connectivity index (χ3v) is 3.99. The molecule has 0 saturated heterocycles. The predicted molar refractivity (Wildman–Crippen MR) is 109 cm³/mol. The van der Waals surface area contributed by atoms with Crippen molar-refractivity contribution in [3.63, 3.8) is 0 Å². The minimum atomic E-state index is -0.363. The van der Waals surface area contributed by atoms with E-state index in [2.05, 4.69) is 15.6 Å². The van der Waals surface area contributed by atoms with E-state index in [0.29, 0.717) is 28.6 Å². The Balaban J connectivity index is 1.69. The molecule has 3 rings (SSSR count). The molecule has 1 aromatic heterocycles. The summed E-state index contributed by atoms with van der Waals surface area (Å²) in [6.45, 7) is 2.09. The molecular weight excluding hydrogens is 378 g/mol. The number of nitrogens with zero attached hydrogens (tertiary/aromatic N) is 1. The van der Waals surface area contributed by atoms with Crippen LogP contribution in [0.4, 0.5) is 17.1 Å². The van der Waals surface area contributed by atoms with E-state index >= 15 is 0 Å². The summed E-state index contributed by atoms with van der Waals surface area (Å²) in [5.74, 6) is -0.707. The number of anilines is 3. The summed E-state index contributed by atoms with van der Waals surface area (Å²) in [4.78, 5) is 28.2. The molecule has 0 aliphatic carbocycles. The second kappa shape index (κ2) is 9.01. The van der Waals surface area contributed by atoms with Crippen molar-refractivity contribution in [3.8, 4) is 0 Å². The van der Waals surface area contributed by atoms with Gasteiger partial charge in [0.05, 0.1) is 12.2 Å². The number of hydrogen-bond donors (Lipinski definition) is 2. The van der Waals surface area contributed by atoms with Gasteiger partial charge in [-0.25, -0.2) is 4.79 Å². The molecule has 0 fully saturated rings. The monoisotopic (exact) mass is 395 g/mol. The van der Waals surface area contributed by atoms with Crippen molar-refractivity contribution in [1.82, 2.24) is 4.98 Å². The Morgan fingerprint density at radius 1 is 1.00 bits per heavy atom. The Labute approximate surface area is 167 Å². The van der Waals surface area contributed by atoms with Gasteiger partial charge in [0, 0.05) is 28.3 Å². The number of benzene rings is 2. The molecule has 0 radical (unpaired) electrons. The van der Waals surface area contributed by atoms with Gasteiger partial charge in [0.2, 0.25) is 0 Å². The molecule has 0 bridgehead atoms. The summed E-state index contributed by atoms with van der Waals surface area (Å²) in [5, 5.41) is 6.47. The first-order valence-electron chi connectivity index (χ1n) is 8.62. The van der Waals surface area contributed by atoms with Crippen molar-refractivity contribution < 1.29 is 14.3 Å². The minimum Gasteiger partial charge on any atom is -0.462 e. The fourth-order valence-electron chi connectivity index (χ4n) is 2.46. The fraction of sp³-hybridized carbons (Fsp3) is 0.0952. The van der Waals surface area contributed by atoms with Crippen LogP contribution in [-0.2, 0) is 4.74 Å². The molecule has 0 aliphatic heterocycles. The maximum Gasteiger partial charge on any atom is 0.338 e. The third-order valence-electron chi connectivity index (χ3n) is 3.76. The smallest absolute Gasteiger partial charge is 0.338 e. The zero-order valence-electron chi connectivity index (χ0n) is 15.1. The van der Waals surface area contributed by atoms with Gasteiger partial charge in [-0.05, 0) is 61.5 Å². The highest BCUT2D eigenvalue weighted by atomic mass is 35.5. The van der Waals surface area contributed by atoms with E-state index in [1.807, 2.05) is 0 Å². The van der Waals surface area contributed by atoms with Crippen LogP contribution in [0.25, 0.3) is 0 Å². The molecule has 0 atom stereocenters. The average Bonchev–Trinajstić information content (AvgIpc) is 2.69. The molecule has 0 aliphatic rings. The predicted octanol–water partition coefficient (Wildman–Crippen LogP) is 4.91. The lowest BCUT2D eigenvalue weighted by atomic mass is 10.2. The van der Waals surface area contributed by atoms with E-state index < -0.39 is 0 Å². The van der Waals surface area contributed by atoms with Gasteiger partial charge in [0.15, 0.2) is 0 Å². The minimum absolute atomic E-state index is 0.258. The number of esters is 1. The molecule has 28 heavy (non-hydrogen) atoms. The van der Waals surface area contributed by atoms with Gasteiger partial charge >= 0.3 is 5.97 Å². The quantitative estimate of drug-likeness (QED) is 0.580. The first-order chi connectivity index (χ1) is 13.5. The Morgan fingerprint density at radius 2 is 1.79 bits per heavy atom. The van der Waals surface area contributed by atoms with Crippen LogP contribution in [0, 0.1) is 0 Å². The van der Waals surface area contributed by atoms with Crippen LogP contribution < -0.4 is 10.6 Å². The lowest BCUT2D eigenvalue weighted by molar-refractivity contribution is 0.0526. The number of hydrogen-bond acceptors (Lipinski definition) is 5. The Hall–Kier alpha value is -3.38. The Morgan fingerprint density at radius 3 is 2.50 bits per heavy atom. The lowest BCUT2D eigenvalue weighted by Crippen LogP contribution is -2.13. The van der Waals surface area contributed by atoms with Gasteiger partial charge in [-0.3, -0.25) is 9.78 Å². The number of halogens is 1. The summed E-state index contributed by atoms with van der Waals surface area (Å²) in [7, 11) is 0.